The van der Waals surface area contributed by atoms with E-state index in [2.05, 4.69) is 5.32 Å². The smallest absolute Gasteiger partial charge is 0.243 e. The first kappa shape index (κ1) is 25.1. The fourth-order valence-corrected chi connectivity index (χ4v) is 3.76. The molecule has 0 radical (unpaired) electrons. The van der Waals surface area contributed by atoms with Crippen LogP contribution in [0.2, 0.25) is 0 Å². The lowest BCUT2D eigenvalue weighted by Gasteiger charge is -2.31. The van der Waals surface area contributed by atoms with E-state index in [1.807, 2.05) is 60.7 Å². The largest absolute Gasteiger partial charge is 0.385 e. The van der Waals surface area contributed by atoms with Crippen molar-refractivity contribution in [2.24, 2.45) is 0 Å². The molecule has 0 bridgehead atoms. The van der Waals surface area contributed by atoms with Gasteiger partial charge < -0.3 is 15.0 Å². The van der Waals surface area contributed by atoms with Gasteiger partial charge in [0.25, 0.3) is 0 Å². The van der Waals surface area contributed by atoms with Crippen molar-refractivity contribution in [2.75, 3.05) is 20.3 Å². The summed E-state index contributed by atoms with van der Waals surface area (Å²) in [7, 11) is 1.62. The first-order chi connectivity index (χ1) is 16.6. The maximum absolute atomic E-state index is 13.5. The minimum absolute atomic E-state index is 0.163. The van der Waals surface area contributed by atoms with Gasteiger partial charge in [-0.05, 0) is 35.2 Å². The third-order valence-electron chi connectivity index (χ3n) is 5.56. The maximum Gasteiger partial charge on any atom is 0.243 e. The van der Waals surface area contributed by atoms with Gasteiger partial charge in [0.05, 0.1) is 6.42 Å². The molecule has 3 aromatic carbocycles. The Hall–Kier alpha value is -3.51. The Bertz CT molecular complexity index is 1030. The average molecular weight is 463 g/mol. The summed E-state index contributed by atoms with van der Waals surface area (Å²) in [6, 6.07) is 24.4. The van der Waals surface area contributed by atoms with Gasteiger partial charge in [-0.15, -0.1) is 0 Å². The molecule has 1 atom stereocenters. The SMILES string of the molecule is COCCCNC(=O)[C@H](Cc1ccccc1)N(Cc1ccc(F)cc1)C(=O)Cc1ccccc1. The molecule has 0 aliphatic heterocycles. The van der Waals surface area contributed by atoms with Crippen molar-refractivity contribution in [3.63, 3.8) is 0 Å². The van der Waals surface area contributed by atoms with Crippen molar-refractivity contribution in [3.05, 3.63) is 107 Å². The Morgan fingerprint density at radius 1 is 0.882 bits per heavy atom. The molecule has 0 heterocycles. The van der Waals surface area contributed by atoms with E-state index in [1.165, 1.54) is 12.1 Å². The molecule has 0 saturated carbocycles. The van der Waals surface area contributed by atoms with Crippen molar-refractivity contribution in [2.45, 2.75) is 31.8 Å². The van der Waals surface area contributed by atoms with Gasteiger partial charge >= 0.3 is 0 Å². The van der Waals surface area contributed by atoms with Crippen LogP contribution >= 0.6 is 0 Å². The maximum atomic E-state index is 13.5. The number of carbonyl (C=O) groups is 2. The molecule has 3 rings (SSSR count). The van der Waals surface area contributed by atoms with Gasteiger partial charge in [-0.25, -0.2) is 4.39 Å². The predicted molar refractivity (Wildman–Crippen MR) is 131 cm³/mol. The second-order valence-corrected chi connectivity index (χ2v) is 8.15. The quantitative estimate of drug-likeness (QED) is 0.411. The highest BCUT2D eigenvalue weighted by atomic mass is 19.1. The van der Waals surface area contributed by atoms with E-state index in [9.17, 15) is 14.0 Å². The number of carbonyl (C=O) groups excluding carboxylic acids is 2. The summed E-state index contributed by atoms with van der Waals surface area (Å²) in [5.74, 6) is -0.727. The van der Waals surface area contributed by atoms with Crippen molar-refractivity contribution in [3.8, 4) is 0 Å². The molecule has 34 heavy (non-hydrogen) atoms. The lowest BCUT2D eigenvalue weighted by atomic mass is 10.0. The van der Waals surface area contributed by atoms with Crippen molar-refractivity contribution >= 4 is 11.8 Å². The Labute approximate surface area is 200 Å². The third kappa shape index (κ3) is 7.81. The van der Waals surface area contributed by atoms with Gasteiger partial charge in [-0.2, -0.15) is 0 Å². The lowest BCUT2D eigenvalue weighted by molar-refractivity contribution is -0.140. The van der Waals surface area contributed by atoms with Crippen molar-refractivity contribution < 1.29 is 18.7 Å². The number of halogens is 1. The van der Waals surface area contributed by atoms with E-state index < -0.39 is 6.04 Å². The molecule has 0 fully saturated rings. The Morgan fingerprint density at radius 2 is 1.50 bits per heavy atom. The zero-order valence-electron chi connectivity index (χ0n) is 19.5. The van der Waals surface area contributed by atoms with E-state index >= 15 is 0 Å². The molecule has 1 N–H and O–H groups in total. The van der Waals surface area contributed by atoms with Crippen LogP contribution < -0.4 is 5.32 Å². The summed E-state index contributed by atoms with van der Waals surface area (Å²) in [5.41, 5.74) is 2.58. The molecule has 0 unspecified atom stereocenters. The summed E-state index contributed by atoms with van der Waals surface area (Å²) in [4.78, 5) is 28.5. The zero-order valence-corrected chi connectivity index (χ0v) is 19.5. The Balaban J connectivity index is 1.89. The first-order valence-corrected chi connectivity index (χ1v) is 11.4. The van der Waals surface area contributed by atoms with E-state index in [1.54, 1.807) is 24.1 Å². The van der Waals surface area contributed by atoms with Crippen LogP contribution in [0.15, 0.2) is 84.9 Å². The number of ether oxygens (including phenoxy) is 1. The van der Waals surface area contributed by atoms with E-state index in [0.29, 0.717) is 26.0 Å². The van der Waals surface area contributed by atoms with Crippen LogP contribution in [-0.2, 0) is 33.7 Å². The summed E-state index contributed by atoms with van der Waals surface area (Å²) < 4.78 is 18.6. The van der Waals surface area contributed by atoms with Gasteiger partial charge in [0, 0.05) is 33.2 Å². The normalized spacial score (nSPS) is 11.6. The monoisotopic (exact) mass is 462 g/mol. The van der Waals surface area contributed by atoms with Crippen LogP contribution in [0, 0.1) is 5.82 Å². The highest BCUT2D eigenvalue weighted by Gasteiger charge is 2.30. The second-order valence-electron chi connectivity index (χ2n) is 8.15. The van der Waals surface area contributed by atoms with Gasteiger partial charge in [0.1, 0.15) is 11.9 Å². The van der Waals surface area contributed by atoms with Gasteiger partial charge in [-0.1, -0.05) is 72.8 Å². The van der Waals surface area contributed by atoms with Gasteiger partial charge in [0.2, 0.25) is 11.8 Å². The zero-order chi connectivity index (χ0) is 24.2. The molecule has 0 aromatic heterocycles. The lowest BCUT2D eigenvalue weighted by Crippen LogP contribution is -2.51. The minimum atomic E-state index is -0.716. The number of methoxy groups -OCH3 is 1. The fraction of sp³-hybridized carbons (Fsp3) is 0.286. The number of nitrogens with one attached hydrogen (secondary N) is 1. The van der Waals surface area contributed by atoms with Gasteiger partial charge in [-0.3, -0.25) is 9.59 Å². The van der Waals surface area contributed by atoms with Crippen LogP contribution in [0.1, 0.15) is 23.1 Å². The fourth-order valence-electron chi connectivity index (χ4n) is 3.76. The first-order valence-electron chi connectivity index (χ1n) is 11.4. The molecule has 178 valence electrons. The summed E-state index contributed by atoms with van der Waals surface area (Å²) >= 11 is 0. The molecular weight excluding hydrogens is 431 g/mol. The van der Waals surface area contributed by atoms with Crippen LogP contribution in [0.25, 0.3) is 0 Å². The van der Waals surface area contributed by atoms with E-state index in [0.717, 1.165) is 16.7 Å². The molecule has 0 saturated heterocycles. The number of nitrogens with zero attached hydrogens (tertiary/aromatic N) is 1. The Kier molecular flexibility index (Phi) is 9.80. The summed E-state index contributed by atoms with van der Waals surface area (Å²) in [6.45, 7) is 1.19. The number of rotatable bonds is 12. The standard InChI is InChI=1S/C28H31FN2O3/c1-34-18-8-17-30-28(33)26(19-22-9-4-2-5-10-22)31(21-24-13-15-25(29)16-14-24)27(32)20-23-11-6-3-7-12-23/h2-7,9-16,26H,8,17-21H2,1H3,(H,30,33)/t26-/m0/s1. The van der Waals surface area contributed by atoms with Crippen molar-refractivity contribution in [1.82, 2.24) is 10.2 Å². The second kappa shape index (κ2) is 13.3. The van der Waals surface area contributed by atoms with E-state index in [4.69, 9.17) is 4.74 Å². The summed E-state index contributed by atoms with van der Waals surface area (Å²) in [6.07, 6.45) is 1.22. The number of hydrogen-bond donors (Lipinski definition) is 1. The van der Waals surface area contributed by atoms with Crippen molar-refractivity contribution in [1.29, 1.82) is 0 Å². The minimum Gasteiger partial charge on any atom is -0.385 e. The van der Waals surface area contributed by atoms with Crippen LogP contribution in [-0.4, -0.2) is 43.0 Å². The van der Waals surface area contributed by atoms with E-state index in [-0.39, 0.29) is 30.6 Å². The molecule has 0 aliphatic carbocycles. The molecule has 2 amide bonds. The highest BCUT2D eigenvalue weighted by Crippen LogP contribution is 2.17. The van der Waals surface area contributed by atoms with Gasteiger partial charge in [0.15, 0.2) is 0 Å². The van der Waals surface area contributed by atoms with Crippen LogP contribution in [0.3, 0.4) is 0 Å². The topological polar surface area (TPSA) is 58.6 Å². The highest BCUT2D eigenvalue weighted by molar-refractivity contribution is 5.88. The average Bonchev–Trinajstić information content (AvgIpc) is 2.86. The number of hydrogen-bond acceptors (Lipinski definition) is 3. The molecule has 3 aromatic rings. The number of amides is 2. The molecular formula is C28H31FN2O3. The predicted octanol–water partition coefficient (Wildman–Crippen LogP) is 4.16. The molecule has 6 heteroatoms. The summed E-state index contributed by atoms with van der Waals surface area (Å²) in [5, 5.41) is 2.96. The number of benzene rings is 3. The third-order valence-corrected chi connectivity index (χ3v) is 5.56. The molecule has 5 nitrogen and oxygen atoms in total. The Morgan fingerprint density at radius 3 is 2.12 bits per heavy atom. The van der Waals surface area contributed by atoms with Crippen LogP contribution in [0.5, 0.6) is 0 Å². The molecule has 0 aliphatic rings. The van der Waals surface area contributed by atoms with Crippen LogP contribution in [0.4, 0.5) is 4.39 Å². The molecule has 0 spiro atoms.